The fraction of sp³-hybridized carbons (Fsp3) is 0.368. The van der Waals surface area contributed by atoms with Gasteiger partial charge in [0.1, 0.15) is 0 Å². The third kappa shape index (κ3) is 2.47. The first kappa shape index (κ1) is 16.7. The summed E-state index contributed by atoms with van der Waals surface area (Å²) in [4.78, 5) is 12.9. The molecule has 0 saturated carbocycles. The van der Waals surface area contributed by atoms with E-state index in [1.165, 1.54) is 11.6 Å². The van der Waals surface area contributed by atoms with Crippen molar-refractivity contribution >= 4 is 5.69 Å². The van der Waals surface area contributed by atoms with Gasteiger partial charge in [-0.1, -0.05) is 6.07 Å². The number of nitrogens with zero attached hydrogens (tertiary/aromatic N) is 2. The van der Waals surface area contributed by atoms with E-state index in [2.05, 4.69) is 4.90 Å². The molecule has 1 N–H and O–H groups in total. The predicted molar refractivity (Wildman–Crippen MR) is 94.9 cm³/mol. The molecule has 4 rings (SSSR count). The zero-order valence-corrected chi connectivity index (χ0v) is 14.7. The van der Waals surface area contributed by atoms with Crippen molar-refractivity contribution in [2.45, 2.75) is 25.4 Å². The van der Waals surface area contributed by atoms with E-state index in [0.29, 0.717) is 6.42 Å². The van der Waals surface area contributed by atoms with Gasteiger partial charge in [-0.15, -0.1) is 0 Å². The monoisotopic (exact) mass is 356 g/mol. The molecule has 0 amide bonds. The van der Waals surface area contributed by atoms with E-state index in [4.69, 9.17) is 9.47 Å². The molecule has 0 bridgehead atoms. The average molecular weight is 356 g/mol. The largest absolute Gasteiger partial charge is 0.502 e. The summed E-state index contributed by atoms with van der Waals surface area (Å²) in [6, 6.07) is 7.14. The lowest BCUT2D eigenvalue weighted by Gasteiger charge is -2.41. The van der Waals surface area contributed by atoms with Gasteiger partial charge in [0.2, 0.25) is 0 Å². The van der Waals surface area contributed by atoms with E-state index < -0.39 is 4.92 Å². The third-order valence-corrected chi connectivity index (χ3v) is 5.42. The van der Waals surface area contributed by atoms with Crippen molar-refractivity contribution < 1.29 is 19.5 Å². The Hall–Kier alpha value is -2.80. The molecule has 0 fully saturated rings. The van der Waals surface area contributed by atoms with E-state index in [1.54, 1.807) is 20.3 Å². The van der Waals surface area contributed by atoms with Gasteiger partial charge in [0, 0.05) is 30.8 Å². The number of hydrogen-bond acceptors (Lipinski definition) is 6. The van der Waals surface area contributed by atoms with Gasteiger partial charge < -0.3 is 14.6 Å². The second-order valence-corrected chi connectivity index (χ2v) is 6.68. The van der Waals surface area contributed by atoms with Crippen LogP contribution >= 0.6 is 0 Å². The molecule has 2 heterocycles. The van der Waals surface area contributed by atoms with Gasteiger partial charge in [-0.05, 0) is 41.7 Å². The lowest BCUT2D eigenvalue weighted by Crippen LogP contribution is -2.39. The summed E-state index contributed by atoms with van der Waals surface area (Å²) in [5, 5.41) is 21.2. The summed E-state index contributed by atoms with van der Waals surface area (Å²) >= 11 is 0. The minimum atomic E-state index is -0.532. The summed E-state index contributed by atoms with van der Waals surface area (Å²) in [5.74, 6) is 1.21. The molecule has 2 aliphatic rings. The number of benzene rings is 2. The third-order valence-electron chi connectivity index (χ3n) is 5.42. The molecule has 2 aliphatic heterocycles. The zero-order valence-electron chi connectivity index (χ0n) is 14.7. The molecule has 1 unspecified atom stereocenters. The molecule has 1 atom stereocenters. The number of hydrogen-bond donors (Lipinski definition) is 1. The Morgan fingerprint density at radius 2 is 2.04 bits per heavy atom. The molecule has 7 heteroatoms. The van der Waals surface area contributed by atoms with Crippen LogP contribution in [0.4, 0.5) is 5.69 Å². The van der Waals surface area contributed by atoms with Gasteiger partial charge in [0.15, 0.2) is 17.2 Å². The van der Waals surface area contributed by atoms with Crippen molar-refractivity contribution in [3.05, 3.63) is 56.6 Å². The SMILES string of the molecule is COc1ccc2c(c1OC)CN1CCc3cc([N+](=O)[O-])c(O)cc3C1C2. The Morgan fingerprint density at radius 1 is 1.23 bits per heavy atom. The Balaban J connectivity index is 1.77. The Kier molecular flexibility index (Phi) is 3.96. The summed E-state index contributed by atoms with van der Waals surface area (Å²) < 4.78 is 11.0. The van der Waals surface area contributed by atoms with Crippen molar-refractivity contribution in [3.63, 3.8) is 0 Å². The standard InChI is InChI=1S/C19H20N2O5/c1-25-18-4-3-11-7-15-13-9-17(22)16(21(23)24)8-12(13)5-6-20(15)10-14(11)19(18)26-2/h3-4,8-9,15,22H,5-7,10H2,1-2H3. The van der Waals surface area contributed by atoms with E-state index in [9.17, 15) is 15.2 Å². The molecule has 26 heavy (non-hydrogen) atoms. The van der Waals surface area contributed by atoms with Gasteiger partial charge in [-0.2, -0.15) is 0 Å². The van der Waals surface area contributed by atoms with Crippen molar-refractivity contribution in [2.75, 3.05) is 20.8 Å². The first-order valence-electron chi connectivity index (χ1n) is 8.50. The quantitative estimate of drug-likeness (QED) is 0.672. The number of ether oxygens (including phenoxy) is 2. The number of methoxy groups -OCH3 is 2. The maximum Gasteiger partial charge on any atom is 0.310 e. The van der Waals surface area contributed by atoms with E-state index in [-0.39, 0.29) is 17.5 Å². The number of phenolic OH excluding ortho intramolecular Hbond substituents is 1. The highest BCUT2D eigenvalue weighted by molar-refractivity contribution is 5.56. The first-order valence-corrected chi connectivity index (χ1v) is 8.50. The number of nitro benzene ring substituents is 1. The fourth-order valence-corrected chi connectivity index (χ4v) is 4.16. The van der Waals surface area contributed by atoms with Gasteiger partial charge in [0.05, 0.1) is 19.1 Å². The highest BCUT2D eigenvalue weighted by atomic mass is 16.6. The lowest BCUT2D eigenvalue weighted by molar-refractivity contribution is -0.386. The summed E-state index contributed by atoms with van der Waals surface area (Å²) in [6.07, 6.45) is 1.48. The molecule has 136 valence electrons. The van der Waals surface area contributed by atoms with Crippen LogP contribution in [0.3, 0.4) is 0 Å². The summed E-state index contributed by atoms with van der Waals surface area (Å²) in [5.41, 5.74) is 3.99. The van der Waals surface area contributed by atoms with E-state index in [0.717, 1.165) is 47.7 Å². The second kappa shape index (κ2) is 6.17. The van der Waals surface area contributed by atoms with Crippen LogP contribution in [0.5, 0.6) is 17.2 Å². The summed E-state index contributed by atoms with van der Waals surface area (Å²) in [7, 11) is 3.27. The highest BCUT2D eigenvalue weighted by Gasteiger charge is 2.35. The second-order valence-electron chi connectivity index (χ2n) is 6.68. The highest BCUT2D eigenvalue weighted by Crippen LogP contribution is 2.45. The minimum absolute atomic E-state index is 0.0936. The predicted octanol–water partition coefficient (Wildman–Crippen LogP) is 2.97. The van der Waals surface area contributed by atoms with E-state index in [1.807, 2.05) is 12.1 Å². The van der Waals surface area contributed by atoms with E-state index >= 15 is 0 Å². The Labute approximate surface area is 150 Å². The Morgan fingerprint density at radius 3 is 2.73 bits per heavy atom. The molecule has 2 aromatic rings. The van der Waals surface area contributed by atoms with Crippen LogP contribution < -0.4 is 9.47 Å². The summed E-state index contributed by atoms with van der Waals surface area (Å²) in [6.45, 7) is 1.52. The number of aromatic hydroxyl groups is 1. The zero-order chi connectivity index (χ0) is 18.4. The van der Waals surface area contributed by atoms with Gasteiger partial charge in [-0.25, -0.2) is 0 Å². The molecular weight excluding hydrogens is 336 g/mol. The number of phenols is 1. The van der Waals surface area contributed by atoms with Crippen LogP contribution in [-0.4, -0.2) is 35.7 Å². The van der Waals surface area contributed by atoms with Crippen LogP contribution in [0.1, 0.15) is 28.3 Å². The van der Waals surface area contributed by atoms with Crippen molar-refractivity contribution in [1.82, 2.24) is 4.90 Å². The molecule has 7 nitrogen and oxygen atoms in total. The van der Waals surface area contributed by atoms with Crippen LogP contribution in [0.15, 0.2) is 24.3 Å². The maximum absolute atomic E-state index is 11.1. The average Bonchev–Trinajstić information content (AvgIpc) is 2.64. The number of rotatable bonds is 3. The van der Waals surface area contributed by atoms with Crippen LogP contribution in [0, 0.1) is 10.1 Å². The van der Waals surface area contributed by atoms with Gasteiger partial charge in [0.25, 0.3) is 0 Å². The molecule has 0 aromatic heterocycles. The van der Waals surface area contributed by atoms with Crippen molar-refractivity contribution in [3.8, 4) is 17.2 Å². The molecule has 0 saturated heterocycles. The lowest BCUT2D eigenvalue weighted by atomic mass is 9.83. The molecule has 2 aromatic carbocycles. The number of nitro groups is 1. The Bertz CT molecular complexity index is 896. The maximum atomic E-state index is 11.1. The normalized spacial score (nSPS) is 18.5. The van der Waals surface area contributed by atoms with Crippen molar-refractivity contribution in [1.29, 1.82) is 0 Å². The minimum Gasteiger partial charge on any atom is -0.502 e. The molecule has 0 radical (unpaired) electrons. The van der Waals surface area contributed by atoms with Crippen LogP contribution in [0.2, 0.25) is 0 Å². The van der Waals surface area contributed by atoms with Crippen LogP contribution in [0.25, 0.3) is 0 Å². The van der Waals surface area contributed by atoms with Gasteiger partial charge >= 0.3 is 5.69 Å². The molecule has 0 spiro atoms. The smallest absolute Gasteiger partial charge is 0.310 e. The first-order chi connectivity index (χ1) is 12.5. The topological polar surface area (TPSA) is 85.1 Å². The molecular formula is C19H20N2O5. The van der Waals surface area contributed by atoms with Gasteiger partial charge in [-0.3, -0.25) is 15.0 Å². The molecule has 0 aliphatic carbocycles. The number of fused-ring (bicyclic) bond motifs is 4. The fourth-order valence-electron chi connectivity index (χ4n) is 4.16. The van der Waals surface area contributed by atoms with Crippen LogP contribution in [-0.2, 0) is 19.4 Å². The van der Waals surface area contributed by atoms with Crippen molar-refractivity contribution in [2.24, 2.45) is 0 Å².